The summed E-state index contributed by atoms with van der Waals surface area (Å²) < 4.78 is 0. The first kappa shape index (κ1) is 14.0. The van der Waals surface area contributed by atoms with E-state index in [2.05, 4.69) is 0 Å². The summed E-state index contributed by atoms with van der Waals surface area (Å²) in [6.45, 7) is 2.92. The predicted octanol–water partition coefficient (Wildman–Crippen LogP) is 1.31. The summed E-state index contributed by atoms with van der Waals surface area (Å²) in [6, 6.07) is 0. The van der Waals surface area contributed by atoms with E-state index in [-0.39, 0.29) is 18.2 Å². The van der Waals surface area contributed by atoms with Crippen molar-refractivity contribution in [1.29, 1.82) is 0 Å². The molecule has 2 N–H and O–H groups in total. The van der Waals surface area contributed by atoms with Crippen molar-refractivity contribution >= 4 is 11.8 Å². The van der Waals surface area contributed by atoms with Crippen LogP contribution in [0, 0.1) is 5.92 Å². The summed E-state index contributed by atoms with van der Waals surface area (Å²) in [5.74, 6) is -0.140. The van der Waals surface area contributed by atoms with Crippen molar-refractivity contribution < 1.29 is 14.8 Å². The molecule has 1 saturated carbocycles. The maximum absolute atomic E-state index is 12.2. The van der Waals surface area contributed by atoms with Gasteiger partial charge in [0.25, 0.3) is 0 Å². The minimum atomic E-state index is -0.445. The summed E-state index contributed by atoms with van der Waals surface area (Å²) >= 11 is 0. The lowest BCUT2D eigenvalue weighted by Gasteiger charge is -2.28. The van der Waals surface area contributed by atoms with E-state index in [0.717, 1.165) is 25.7 Å². The Labute approximate surface area is 102 Å². The molecule has 1 aliphatic carbocycles. The molecule has 0 atom stereocenters. The largest absolute Gasteiger partial charge is 0.342 e. The lowest BCUT2D eigenvalue weighted by atomic mass is 9.88. The van der Waals surface area contributed by atoms with E-state index in [4.69, 9.17) is 5.21 Å². The van der Waals surface area contributed by atoms with Gasteiger partial charge in [0, 0.05) is 25.4 Å². The van der Waals surface area contributed by atoms with Gasteiger partial charge in [0.2, 0.25) is 11.8 Å². The molecular formula is C12H22N2O3. The lowest BCUT2D eigenvalue weighted by Crippen LogP contribution is -2.39. The quantitative estimate of drug-likeness (QED) is 0.564. The summed E-state index contributed by atoms with van der Waals surface area (Å²) in [5, 5.41) is 8.40. The van der Waals surface area contributed by atoms with Crippen LogP contribution in [0.3, 0.4) is 0 Å². The second-order valence-electron chi connectivity index (χ2n) is 4.54. The van der Waals surface area contributed by atoms with Crippen LogP contribution >= 0.6 is 0 Å². The molecule has 0 aliphatic heterocycles. The monoisotopic (exact) mass is 242 g/mol. The van der Waals surface area contributed by atoms with Crippen molar-refractivity contribution in [2.24, 2.45) is 5.92 Å². The number of hydrogen-bond donors (Lipinski definition) is 2. The van der Waals surface area contributed by atoms with Gasteiger partial charge in [-0.25, -0.2) is 5.48 Å². The molecule has 0 spiro atoms. The van der Waals surface area contributed by atoms with Crippen LogP contribution in [0.2, 0.25) is 0 Å². The molecular weight excluding hydrogens is 220 g/mol. The topological polar surface area (TPSA) is 69.6 Å². The molecule has 0 saturated heterocycles. The number of hydroxylamine groups is 1. The number of carbonyl (C=O) groups is 2. The normalized spacial score (nSPS) is 16.6. The average molecular weight is 242 g/mol. The van der Waals surface area contributed by atoms with Gasteiger partial charge in [-0.3, -0.25) is 14.8 Å². The third-order valence-corrected chi connectivity index (χ3v) is 3.38. The Balaban J connectivity index is 2.42. The summed E-state index contributed by atoms with van der Waals surface area (Å²) in [4.78, 5) is 24.8. The number of amides is 2. The third kappa shape index (κ3) is 4.34. The lowest BCUT2D eigenvalue weighted by molar-refractivity contribution is -0.137. The molecule has 5 nitrogen and oxygen atoms in total. The van der Waals surface area contributed by atoms with Gasteiger partial charge < -0.3 is 4.90 Å². The first-order valence-electron chi connectivity index (χ1n) is 6.40. The Hall–Kier alpha value is -1.10. The van der Waals surface area contributed by atoms with E-state index >= 15 is 0 Å². The van der Waals surface area contributed by atoms with E-state index in [0.29, 0.717) is 13.1 Å². The van der Waals surface area contributed by atoms with Crippen LogP contribution in [0.25, 0.3) is 0 Å². The highest BCUT2D eigenvalue weighted by atomic mass is 16.5. The summed E-state index contributed by atoms with van der Waals surface area (Å²) in [5.41, 5.74) is 1.59. The number of rotatable bonds is 5. The van der Waals surface area contributed by atoms with Gasteiger partial charge >= 0.3 is 0 Å². The van der Waals surface area contributed by atoms with E-state index < -0.39 is 5.91 Å². The zero-order chi connectivity index (χ0) is 12.7. The van der Waals surface area contributed by atoms with Crippen molar-refractivity contribution in [3.63, 3.8) is 0 Å². The fourth-order valence-electron chi connectivity index (χ4n) is 2.32. The molecule has 98 valence electrons. The average Bonchev–Trinajstić information content (AvgIpc) is 2.39. The van der Waals surface area contributed by atoms with Crippen LogP contribution in [0.5, 0.6) is 0 Å². The van der Waals surface area contributed by atoms with Crippen molar-refractivity contribution in [2.45, 2.75) is 45.4 Å². The molecule has 0 radical (unpaired) electrons. The minimum absolute atomic E-state index is 0.140. The van der Waals surface area contributed by atoms with Crippen LogP contribution in [0.1, 0.15) is 45.4 Å². The van der Waals surface area contributed by atoms with Crippen LogP contribution in [-0.2, 0) is 9.59 Å². The maximum atomic E-state index is 12.2. The summed E-state index contributed by atoms with van der Waals surface area (Å²) in [7, 11) is 0. The zero-order valence-corrected chi connectivity index (χ0v) is 10.4. The predicted molar refractivity (Wildman–Crippen MR) is 63.4 cm³/mol. The molecule has 0 bridgehead atoms. The van der Waals surface area contributed by atoms with Gasteiger partial charge in [-0.15, -0.1) is 0 Å². The molecule has 0 aromatic rings. The molecule has 1 fully saturated rings. The van der Waals surface area contributed by atoms with Gasteiger partial charge in [-0.1, -0.05) is 19.3 Å². The first-order chi connectivity index (χ1) is 8.19. The Morgan fingerprint density at radius 3 is 2.47 bits per heavy atom. The van der Waals surface area contributed by atoms with Crippen LogP contribution in [0.4, 0.5) is 0 Å². The molecule has 5 heteroatoms. The number of nitrogens with zero attached hydrogens (tertiary/aromatic N) is 1. The standard InChI is InChI=1S/C12H22N2O3/c1-2-14(9-8-11(15)13-17)12(16)10-6-4-3-5-7-10/h10,17H,2-9H2,1H3,(H,13,15). The Morgan fingerprint density at radius 2 is 1.94 bits per heavy atom. The second kappa shape index (κ2) is 7.27. The third-order valence-electron chi connectivity index (χ3n) is 3.38. The highest BCUT2D eigenvalue weighted by Gasteiger charge is 2.25. The van der Waals surface area contributed by atoms with E-state index in [1.54, 1.807) is 10.4 Å². The number of hydrogen-bond acceptors (Lipinski definition) is 3. The SMILES string of the molecule is CCN(CCC(=O)NO)C(=O)C1CCCCC1. The van der Waals surface area contributed by atoms with Crippen LogP contribution in [-0.4, -0.2) is 35.0 Å². The first-order valence-corrected chi connectivity index (χ1v) is 6.40. The van der Waals surface area contributed by atoms with Crippen molar-refractivity contribution in [3.05, 3.63) is 0 Å². The molecule has 17 heavy (non-hydrogen) atoms. The van der Waals surface area contributed by atoms with Crippen molar-refractivity contribution in [1.82, 2.24) is 10.4 Å². The van der Waals surface area contributed by atoms with E-state index in [1.165, 1.54) is 6.42 Å². The Morgan fingerprint density at radius 1 is 1.29 bits per heavy atom. The molecule has 1 rings (SSSR count). The molecule has 1 aliphatic rings. The van der Waals surface area contributed by atoms with Gasteiger partial charge in [-0.05, 0) is 19.8 Å². The zero-order valence-electron chi connectivity index (χ0n) is 10.4. The van der Waals surface area contributed by atoms with E-state index in [1.807, 2.05) is 6.92 Å². The van der Waals surface area contributed by atoms with Crippen LogP contribution in [0.15, 0.2) is 0 Å². The van der Waals surface area contributed by atoms with E-state index in [9.17, 15) is 9.59 Å². The molecule has 0 unspecified atom stereocenters. The summed E-state index contributed by atoms with van der Waals surface area (Å²) in [6.07, 6.45) is 5.59. The smallest absolute Gasteiger partial charge is 0.245 e. The maximum Gasteiger partial charge on any atom is 0.245 e. The molecule has 0 aromatic heterocycles. The van der Waals surface area contributed by atoms with Crippen molar-refractivity contribution in [2.75, 3.05) is 13.1 Å². The fraction of sp³-hybridized carbons (Fsp3) is 0.833. The van der Waals surface area contributed by atoms with Crippen LogP contribution < -0.4 is 5.48 Å². The van der Waals surface area contributed by atoms with Gasteiger partial charge in [0.1, 0.15) is 0 Å². The molecule has 2 amide bonds. The van der Waals surface area contributed by atoms with Gasteiger partial charge in [-0.2, -0.15) is 0 Å². The van der Waals surface area contributed by atoms with Crippen molar-refractivity contribution in [3.8, 4) is 0 Å². The minimum Gasteiger partial charge on any atom is -0.342 e. The highest BCUT2D eigenvalue weighted by Crippen LogP contribution is 2.25. The Bertz CT molecular complexity index is 262. The number of nitrogens with one attached hydrogen (secondary N) is 1. The number of carbonyl (C=O) groups excluding carboxylic acids is 2. The Kier molecular flexibility index (Phi) is 5.97. The molecule has 0 aromatic carbocycles. The van der Waals surface area contributed by atoms with Gasteiger partial charge in [0.05, 0.1) is 0 Å². The fourth-order valence-corrected chi connectivity index (χ4v) is 2.32. The molecule has 0 heterocycles. The van der Waals surface area contributed by atoms with Gasteiger partial charge in [0.15, 0.2) is 0 Å². The highest BCUT2D eigenvalue weighted by molar-refractivity contribution is 5.80. The second-order valence-corrected chi connectivity index (χ2v) is 4.54.